The first-order valence-corrected chi connectivity index (χ1v) is 7.42. The maximum Gasteiger partial charge on any atom is 0.191 e. The quantitative estimate of drug-likeness (QED) is 0.374. The van der Waals surface area contributed by atoms with Crippen LogP contribution in [0.25, 0.3) is 0 Å². The summed E-state index contributed by atoms with van der Waals surface area (Å²) in [6, 6.07) is 1.30. The van der Waals surface area contributed by atoms with Crippen molar-refractivity contribution in [3.63, 3.8) is 0 Å². The van der Waals surface area contributed by atoms with Crippen molar-refractivity contribution in [2.45, 2.75) is 45.2 Å². The van der Waals surface area contributed by atoms with Crippen LogP contribution in [0.15, 0.2) is 4.99 Å². The van der Waals surface area contributed by atoms with Gasteiger partial charge >= 0.3 is 0 Å². The van der Waals surface area contributed by atoms with Crippen molar-refractivity contribution in [1.29, 1.82) is 0 Å². The van der Waals surface area contributed by atoms with Crippen LogP contribution >= 0.6 is 0 Å². The Morgan fingerprint density at radius 2 is 2.16 bits per heavy atom. The van der Waals surface area contributed by atoms with Gasteiger partial charge in [-0.05, 0) is 40.2 Å². The van der Waals surface area contributed by atoms with Gasteiger partial charge in [0.25, 0.3) is 0 Å². The first-order chi connectivity index (χ1) is 9.19. The van der Waals surface area contributed by atoms with Crippen molar-refractivity contribution in [2.75, 3.05) is 40.4 Å². The van der Waals surface area contributed by atoms with E-state index in [9.17, 15) is 0 Å². The van der Waals surface area contributed by atoms with E-state index in [1.807, 2.05) is 0 Å². The van der Waals surface area contributed by atoms with Crippen molar-refractivity contribution in [1.82, 2.24) is 15.5 Å². The van der Waals surface area contributed by atoms with Crippen molar-refractivity contribution in [2.24, 2.45) is 4.99 Å². The summed E-state index contributed by atoms with van der Waals surface area (Å²) in [5.41, 5.74) is 0. The molecule has 1 rings (SSSR count). The third kappa shape index (κ3) is 6.78. The molecule has 1 aliphatic rings. The molecule has 2 N–H and O–H groups in total. The Morgan fingerprint density at radius 1 is 1.42 bits per heavy atom. The van der Waals surface area contributed by atoms with Crippen molar-refractivity contribution >= 4 is 5.96 Å². The molecule has 1 atom stereocenters. The van der Waals surface area contributed by atoms with E-state index < -0.39 is 0 Å². The first-order valence-electron chi connectivity index (χ1n) is 7.42. The summed E-state index contributed by atoms with van der Waals surface area (Å²) in [6.45, 7) is 7.75. The van der Waals surface area contributed by atoms with Gasteiger partial charge in [-0.3, -0.25) is 9.89 Å². The Bertz CT molecular complexity index is 266. The Labute approximate surface area is 117 Å². The number of aliphatic imine (C=N–C) groups is 1. The van der Waals surface area contributed by atoms with E-state index in [0.29, 0.717) is 6.04 Å². The minimum atomic E-state index is 0.502. The van der Waals surface area contributed by atoms with E-state index in [4.69, 9.17) is 4.74 Å². The first kappa shape index (κ1) is 16.2. The molecule has 0 aromatic heterocycles. The minimum absolute atomic E-state index is 0.502. The van der Waals surface area contributed by atoms with Crippen molar-refractivity contribution in [3.8, 4) is 0 Å². The highest BCUT2D eigenvalue weighted by Gasteiger charge is 2.28. The van der Waals surface area contributed by atoms with E-state index in [1.165, 1.54) is 12.8 Å². The van der Waals surface area contributed by atoms with Gasteiger partial charge in [0, 0.05) is 38.9 Å². The SMILES string of the molecule is CCNC(=NCC(C)N(C)C1CC1)NCCCOC. The topological polar surface area (TPSA) is 48.9 Å². The molecule has 0 aromatic rings. The third-order valence-electron chi connectivity index (χ3n) is 3.49. The number of methoxy groups -OCH3 is 1. The summed E-state index contributed by atoms with van der Waals surface area (Å²) in [5, 5.41) is 6.61. The number of hydrogen-bond donors (Lipinski definition) is 2. The fourth-order valence-corrected chi connectivity index (χ4v) is 1.96. The molecule has 0 saturated heterocycles. The van der Waals surface area contributed by atoms with E-state index in [2.05, 4.69) is 41.4 Å². The highest BCUT2D eigenvalue weighted by Crippen LogP contribution is 2.26. The lowest BCUT2D eigenvalue weighted by atomic mass is 10.3. The Hall–Kier alpha value is -0.810. The molecule has 1 saturated carbocycles. The predicted octanol–water partition coefficient (Wildman–Crippen LogP) is 1.06. The molecule has 1 fully saturated rings. The summed E-state index contributed by atoms with van der Waals surface area (Å²) in [7, 11) is 3.94. The van der Waals surface area contributed by atoms with Crippen LogP contribution in [0.2, 0.25) is 0 Å². The molecule has 1 unspecified atom stereocenters. The Kier molecular flexibility index (Phi) is 7.82. The standard InChI is InChI=1S/C14H30N4O/c1-5-15-14(16-9-6-10-19-4)17-11-12(2)18(3)13-7-8-13/h12-13H,5-11H2,1-4H3,(H2,15,16,17). The van der Waals surface area contributed by atoms with Gasteiger partial charge in [-0.2, -0.15) is 0 Å². The molecule has 5 heteroatoms. The normalized spacial score (nSPS) is 17.6. The average molecular weight is 270 g/mol. The van der Waals surface area contributed by atoms with Crippen molar-refractivity contribution < 1.29 is 4.74 Å². The van der Waals surface area contributed by atoms with Gasteiger partial charge in [-0.15, -0.1) is 0 Å². The van der Waals surface area contributed by atoms with Gasteiger partial charge in [0.05, 0.1) is 6.54 Å². The van der Waals surface area contributed by atoms with E-state index in [0.717, 1.165) is 44.7 Å². The molecule has 0 spiro atoms. The second-order valence-electron chi connectivity index (χ2n) is 5.24. The number of guanidine groups is 1. The Morgan fingerprint density at radius 3 is 2.74 bits per heavy atom. The van der Waals surface area contributed by atoms with Gasteiger partial charge in [0.1, 0.15) is 0 Å². The number of nitrogens with zero attached hydrogens (tertiary/aromatic N) is 2. The molecule has 0 bridgehead atoms. The third-order valence-corrected chi connectivity index (χ3v) is 3.49. The maximum atomic E-state index is 5.04. The van der Waals surface area contributed by atoms with Crippen LogP contribution in [0, 0.1) is 0 Å². The van der Waals surface area contributed by atoms with Crippen LogP contribution in [0.3, 0.4) is 0 Å². The molecule has 0 heterocycles. The molecule has 0 radical (unpaired) electrons. The van der Waals surface area contributed by atoms with Gasteiger partial charge in [-0.25, -0.2) is 0 Å². The molecule has 0 aromatic carbocycles. The predicted molar refractivity (Wildman–Crippen MR) is 80.7 cm³/mol. The highest BCUT2D eigenvalue weighted by molar-refractivity contribution is 5.79. The zero-order valence-corrected chi connectivity index (χ0v) is 12.9. The number of nitrogens with one attached hydrogen (secondary N) is 2. The van der Waals surface area contributed by atoms with Gasteiger partial charge < -0.3 is 15.4 Å². The zero-order chi connectivity index (χ0) is 14.1. The number of rotatable bonds is 9. The highest BCUT2D eigenvalue weighted by atomic mass is 16.5. The smallest absolute Gasteiger partial charge is 0.191 e. The molecule has 19 heavy (non-hydrogen) atoms. The lowest BCUT2D eigenvalue weighted by Gasteiger charge is -2.23. The number of ether oxygens (including phenoxy) is 1. The van der Waals surface area contributed by atoms with Gasteiger partial charge in [0.2, 0.25) is 0 Å². The summed E-state index contributed by atoms with van der Waals surface area (Å²) < 4.78 is 5.04. The van der Waals surface area contributed by atoms with Gasteiger partial charge in [-0.1, -0.05) is 0 Å². The van der Waals surface area contributed by atoms with Crippen LogP contribution < -0.4 is 10.6 Å². The lowest BCUT2D eigenvalue weighted by molar-refractivity contribution is 0.195. The lowest BCUT2D eigenvalue weighted by Crippen LogP contribution is -2.40. The van der Waals surface area contributed by atoms with Gasteiger partial charge in [0.15, 0.2) is 5.96 Å². The second kappa shape index (κ2) is 9.15. The molecule has 112 valence electrons. The fourth-order valence-electron chi connectivity index (χ4n) is 1.96. The largest absolute Gasteiger partial charge is 0.385 e. The van der Waals surface area contributed by atoms with Crippen LogP contribution in [0.4, 0.5) is 0 Å². The molecule has 0 aliphatic heterocycles. The monoisotopic (exact) mass is 270 g/mol. The summed E-state index contributed by atoms with van der Waals surface area (Å²) in [4.78, 5) is 7.10. The van der Waals surface area contributed by atoms with Crippen LogP contribution in [-0.4, -0.2) is 63.3 Å². The number of hydrogen-bond acceptors (Lipinski definition) is 3. The summed E-state index contributed by atoms with van der Waals surface area (Å²) in [5.74, 6) is 0.912. The van der Waals surface area contributed by atoms with E-state index in [-0.39, 0.29) is 0 Å². The van der Waals surface area contributed by atoms with Crippen molar-refractivity contribution in [3.05, 3.63) is 0 Å². The molecular formula is C14H30N4O. The van der Waals surface area contributed by atoms with Crippen LogP contribution in [-0.2, 0) is 4.74 Å². The molecular weight excluding hydrogens is 240 g/mol. The minimum Gasteiger partial charge on any atom is -0.385 e. The maximum absolute atomic E-state index is 5.04. The summed E-state index contributed by atoms with van der Waals surface area (Å²) >= 11 is 0. The van der Waals surface area contributed by atoms with E-state index in [1.54, 1.807) is 7.11 Å². The fraction of sp³-hybridized carbons (Fsp3) is 0.929. The number of likely N-dealkylation sites (N-methyl/N-ethyl adjacent to an activating group) is 1. The summed E-state index contributed by atoms with van der Waals surface area (Å²) in [6.07, 6.45) is 3.69. The Balaban J connectivity index is 2.29. The molecule has 0 amide bonds. The van der Waals surface area contributed by atoms with Crippen LogP contribution in [0.1, 0.15) is 33.1 Å². The van der Waals surface area contributed by atoms with E-state index >= 15 is 0 Å². The second-order valence-corrected chi connectivity index (χ2v) is 5.24. The molecule has 5 nitrogen and oxygen atoms in total. The molecule has 1 aliphatic carbocycles. The zero-order valence-electron chi connectivity index (χ0n) is 12.9. The average Bonchev–Trinajstić information content (AvgIpc) is 3.24. The van der Waals surface area contributed by atoms with Crippen LogP contribution in [0.5, 0.6) is 0 Å².